The van der Waals surface area contributed by atoms with Gasteiger partial charge in [0.05, 0.1) is 17.1 Å². The molecule has 0 aromatic heterocycles. The molecule has 0 bridgehead atoms. The van der Waals surface area contributed by atoms with E-state index >= 15 is 0 Å². The highest BCUT2D eigenvalue weighted by Gasteiger charge is 2.46. The highest BCUT2D eigenvalue weighted by atomic mass is 16.5. The lowest BCUT2D eigenvalue weighted by Crippen LogP contribution is -2.59. The monoisotopic (exact) mass is 465 g/mol. The molecular formula is C30H16BNO4. The van der Waals surface area contributed by atoms with Crippen LogP contribution in [0.15, 0.2) is 97.1 Å². The predicted octanol–water partition coefficient (Wildman–Crippen LogP) is 6.10. The number of ether oxygens (including phenoxy) is 4. The Labute approximate surface area is 207 Å². The van der Waals surface area contributed by atoms with Gasteiger partial charge in [0, 0.05) is 28.5 Å². The van der Waals surface area contributed by atoms with Gasteiger partial charge in [0.15, 0.2) is 11.5 Å². The van der Waals surface area contributed by atoms with Crippen LogP contribution in [0.4, 0.5) is 17.1 Å². The Morgan fingerprint density at radius 1 is 0.417 bits per heavy atom. The van der Waals surface area contributed by atoms with Gasteiger partial charge in [-0.2, -0.15) is 0 Å². The summed E-state index contributed by atoms with van der Waals surface area (Å²) in [6, 6.07) is 32.4. The van der Waals surface area contributed by atoms with Crippen LogP contribution in [0.3, 0.4) is 0 Å². The van der Waals surface area contributed by atoms with E-state index in [0.717, 1.165) is 79.4 Å². The molecule has 4 heterocycles. The second-order valence-electron chi connectivity index (χ2n) is 9.30. The van der Waals surface area contributed by atoms with Gasteiger partial charge in [-0.1, -0.05) is 36.4 Å². The second kappa shape index (κ2) is 6.43. The first kappa shape index (κ1) is 18.5. The largest absolute Gasteiger partial charge is 0.458 e. The molecule has 36 heavy (non-hydrogen) atoms. The molecule has 168 valence electrons. The van der Waals surface area contributed by atoms with Crippen LogP contribution in [0, 0.1) is 0 Å². The highest BCUT2D eigenvalue weighted by molar-refractivity contribution is 6.99. The Hall–Kier alpha value is -4.84. The first-order valence-electron chi connectivity index (χ1n) is 12.0. The Morgan fingerprint density at radius 3 is 1.33 bits per heavy atom. The van der Waals surface area contributed by atoms with Crippen molar-refractivity contribution in [2.45, 2.75) is 0 Å². The average Bonchev–Trinajstić information content (AvgIpc) is 2.91. The van der Waals surface area contributed by atoms with Crippen molar-refractivity contribution < 1.29 is 18.9 Å². The Balaban J connectivity index is 1.32. The molecule has 0 fully saturated rings. The van der Waals surface area contributed by atoms with Gasteiger partial charge in [0.1, 0.15) is 34.5 Å². The predicted molar refractivity (Wildman–Crippen MR) is 139 cm³/mol. The van der Waals surface area contributed by atoms with Crippen LogP contribution in [0.5, 0.6) is 46.0 Å². The number of hydrogen-bond acceptors (Lipinski definition) is 5. The van der Waals surface area contributed by atoms with Gasteiger partial charge in [-0.25, -0.2) is 0 Å². The van der Waals surface area contributed by atoms with Gasteiger partial charge in [-0.3, -0.25) is 0 Å². The summed E-state index contributed by atoms with van der Waals surface area (Å²) in [5.74, 6) is 6.50. The fourth-order valence-electron chi connectivity index (χ4n) is 5.91. The lowest BCUT2D eigenvalue weighted by atomic mass is 9.34. The Morgan fingerprint density at radius 2 is 0.806 bits per heavy atom. The van der Waals surface area contributed by atoms with Crippen LogP contribution >= 0.6 is 0 Å². The quantitative estimate of drug-likeness (QED) is 0.274. The highest BCUT2D eigenvalue weighted by Crippen LogP contribution is 2.52. The van der Waals surface area contributed by atoms with E-state index in [1.165, 1.54) is 0 Å². The number of hydrogen-bond donors (Lipinski definition) is 0. The van der Waals surface area contributed by atoms with Crippen molar-refractivity contribution >= 4 is 40.2 Å². The van der Waals surface area contributed by atoms with Crippen molar-refractivity contribution in [3.8, 4) is 46.0 Å². The lowest BCUT2D eigenvalue weighted by Gasteiger charge is -2.38. The van der Waals surface area contributed by atoms with Gasteiger partial charge in [-0.15, -0.1) is 0 Å². The van der Waals surface area contributed by atoms with Crippen molar-refractivity contribution in [2.75, 3.05) is 4.90 Å². The summed E-state index contributed by atoms with van der Waals surface area (Å²) in [6.07, 6.45) is 0. The Kier molecular flexibility index (Phi) is 3.30. The first-order valence-corrected chi connectivity index (χ1v) is 12.0. The molecular weight excluding hydrogens is 449 g/mol. The number of anilines is 3. The molecule has 0 amide bonds. The van der Waals surface area contributed by atoms with Gasteiger partial charge >= 0.3 is 0 Å². The van der Waals surface area contributed by atoms with Gasteiger partial charge < -0.3 is 23.8 Å². The van der Waals surface area contributed by atoms with Gasteiger partial charge in [0.25, 0.3) is 6.71 Å². The summed E-state index contributed by atoms with van der Waals surface area (Å²) >= 11 is 0. The molecule has 5 nitrogen and oxygen atoms in total. The summed E-state index contributed by atoms with van der Waals surface area (Å²) in [5, 5.41) is 0. The van der Waals surface area contributed by atoms with Gasteiger partial charge in [0.2, 0.25) is 0 Å². The van der Waals surface area contributed by atoms with Gasteiger partial charge in [-0.05, 0) is 48.5 Å². The zero-order valence-corrected chi connectivity index (χ0v) is 18.9. The molecule has 6 heteroatoms. The summed E-state index contributed by atoms with van der Waals surface area (Å²) < 4.78 is 25.6. The van der Waals surface area contributed by atoms with E-state index in [9.17, 15) is 0 Å². The zero-order chi connectivity index (χ0) is 23.4. The minimum absolute atomic E-state index is 0.00182. The molecule has 0 atom stereocenters. The number of rotatable bonds is 1. The average molecular weight is 465 g/mol. The molecule has 9 rings (SSSR count). The van der Waals surface area contributed by atoms with Crippen molar-refractivity contribution in [1.82, 2.24) is 0 Å². The molecule has 5 aromatic carbocycles. The first-order chi connectivity index (χ1) is 17.8. The minimum Gasteiger partial charge on any atom is -0.458 e. The molecule has 0 unspecified atom stereocenters. The van der Waals surface area contributed by atoms with Crippen LogP contribution in [0.25, 0.3) is 0 Å². The van der Waals surface area contributed by atoms with Crippen LogP contribution in [-0.4, -0.2) is 6.71 Å². The summed E-state index contributed by atoms with van der Waals surface area (Å²) in [4.78, 5) is 2.21. The third-order valence-corrected chi connectivity index (χ3v) is 7.36. The van der Waals surface area contributed by atoms with E-state index < -0.39 is 0 Å². The van der Waals surface area contributed by atoms with Crippen molar-refractivity contribution in [2.24, 2.45) is 0 Å². The smallest absolute Gasteiger partial charge is 0.270 e. The third kappa shape index (κ3) is 2.26. The summed E-state index contributed by atoms with van der Waals surface area (Å²) in [6.45, 7) is 0.00182. The minimum atomic E-state index is 0.00182. The molecule has 5 aromatic rings. The molecule has 0 saturated heterocycles. The number of fused-ring (bicyclic) bond motifs is 2. The van der Waals surface area contributed by atoms with Crippen molar-refractivity contribution in [3.05, 3.63) is 97.1 Å². The van der Waals surface area contributed by atoms with Crippen LogP contribution in [0.2, 0.25) is 0 Å². The molecule has 0 saturated carbocycles. The molecule has 0 spiro atoms. The van der Waals surface area contributed by atoms with E-state index in [0.29, 0.717) is 0 Å². The SMILES string of the molecule is c1ccc2c(c1)Oc1ccccc1N2c1cc2c3c(c1)Oc1cccc4c1B3c1c(cccc1O2)O4. The van der Waals surface area contributed by atoms with Crippen LogP contribution in [-0.2, 0) is 0 Å². The normalized spacial score (nSPS) is 14.3. The lowest BCUT2D eigenvalue weighted by molar-refractivity contribution is 0.443. The molecule has 4 aliphatic heterocycles. The zero-order valence-electron chi connectivity index (χ0n) is 18.9. The summed E-state index contributed by atoms with van der Waals surface area (Å²) in [7, 11) is 0. The molecule has 4 aliphatic rings. The van der Waals surface area contributed by atoms with E-state index in [-0.39, 0.29) is 6.71 Å². The number of benzene rings is 5. The fourth-order valence-corrected chi connectivity index (χ4v) is 5.91. The van der Waals surface area contributed by atoms with Crippen LogP contribution in [0.1, 0.15) is 0 Å². The van der Waals surface area contributed by atoms with E-state index in [4.69, 9.17) is 18.9 Å². The van der Waals surface area contributed by atoms with E-state index in [1.807, 2.05) is 72.8 Å². The molecule has 0 N–H and O–H groups in total. The number of para-hydroxylation sites is 4. The molecule has 0 aliphatic carbocycles. The maximum Gasteiger partial charge on any atom is 0.270 e. The maximum absolute atomic E-state index is 6.54. The second-order valence-corrected chi connectivity index (χ2v) is 9.30. The van der Waals surface area contributed by atoms with Crippen LogP contribution < -0.4 is 40.2 Å². The standard InChI is InChI=1S/C30H16BNO4/c1-3-9-20-18(7-1)32(19-8-2-4-10-21(19)33-20)17-15-26-30-27(16-17)36-25-14-6-12-23-29(25)31(30)28-22(34-23)11-5-13-24(28)35-26/h1-16H. The Bertz CT molecular complexity index is 1660. The third-order valence-electron chi connectivity index (χ3n) is 7.36. The fraction of sp³-hybridized carbons (Fsp3) is 0. The summed E-state index contributed by atoms with van der Waals surface area (Å²) in [5.41, 5.74) is 6.03. The van der Waals surface area contributed by atoms with E-state index in [2.05, 4.69) is 29.2 Å². The molecule has 0 radical (unpaired) electrons. The topological polar surface area (TPSA) is 40.2 Å². The number of nitrogens with zero attached hydrogens (tertiary/aromatic N) is 1. The van der Waals surface area contributed by atoms with Crippen molar-refractivity contribution in [3.63, 3.8) is 0 Å². The maximum atomic E-state index is 6.54. The van der Waals surface area contributed by atoms with Crippen molar-refractivity contribution in [1.29, 1.82) is 0 Å². The van der Waals surface area contributed by atoms with E-state index in [1.54, 1.807) is 0 Å².